The molecule has 102 valence electrons. The minimum absolute atomic E-state index is 0.857. The van der Waals surface area contributed by atoms with Crippen molar-refractivity contribution in [3.8, 4) is 5.75 Å². The van der Waals surface area contributed by atoms with Gasteiger partial charge in [0.2, 0.25) is 0 Å². The number of hydrogen-bond donors (Lipinski definition) is 1. The molecule has 0 radical (unpaired) electrons. The first-order chi connectivity index (χ1) is 9.20. The van der Waals surface area contributed by atoms with E-state index in [0.717, 1.165) is 41.9 Å². The molecule has 0 aliphatic rings. The van der Waals surface area contributed by atoms with Crippen molar-refractivity contribution in [2.45, 2.75) is 6.42 Å². The number of fused-ring (bicyclic) bond motifs is 1. The van der Waals surface area contributed by atoms with Gasteiger partial charge in [0, 0.05) is 24.2 Å². The second-order valence-electron chi connectivity index (χ2n) is 4.83. The summed E-state index contributed by atoms with van der Waals surface area (Å²) in [5.41, 5.74) is 2.03. The third-order valence-corrected chi connectivity index (χ3v) is 3.01. The molecular weight excluding hydrogens is 238 g/mol. The summed E-state index contributed by atoms with van der Waals surface area (Å²) >= 11 is 0. The molecule has 0 saturated heterocycles. The van der Waals surface area contributed by atoms with E-state index < -0.39 is 0 Å². The van der Waals surface area contributed by atoms with Gasteiger partial charge in [-0.05, 0) is 39.2 Å². The highest BCUT2D eigenvalue weighted by atomic mass is 16.5. The maximum absolute atomic E-state index is 5.33. The molecule has 0 fully saturated rings. The first-order valence-corrected chi connectivity index (χ1v) is 6.52. The van der Waals surface area contributed by atoms with Gasteiger partial charge in [-0.1, -0.05) is 6.07 Å². The molecule has 2 aromatic rings. The molecule has 0 aliphatic heterocycles. The smallest absolute Gasteiger partial charge is 0.121 e. The third kappa shape index (κ3) is 3.58. The summed E-state index contributed by atoms with van der Waals surface area (Å²) in [6.07, 6.45) is 2.92. The van der Waals surface area contributed by atoms with E-state index in [-0.39, 0.29) is 0 Å². The Hall–Kier alpha value is -1.81. The largest absolute Gasteiger partial charge is 0.497 e. The average molecular weight is 259 g/mol. The van der Waals surface area contributed by atoms with Crippen LogP contribution in [0.3, 0.4) is 0 Å². The normalized spacial score (nSPS) is 10.9. The number of nitrogens with zero attached hydrogens (tertiary/aromatic N) is 2. The Labute approximate surface area is 114 Å². The summed E-state index contributed by atoms with van der Waals surface area (Å²) in [7, 11) is 5.86. The van der Waals surface area contributed by atoms with Gasteiger partial charge < -0.3 is 15.0 Å². The van der Waals surface area contributed by atoms with E-state index in [1.807, 2.05) is 24.4 Å². The molecule has 0 amide bonds. The summed E-state index contributed by atoms with van der Waals surface area (Å²) in [6, 6.07) is 8.01. The summed E-state index contributed by atoms with van der Waals surface area (Å²) in [4.78, 5) is 6.63. The lowest BCUT2D eigenvalue weighted by molar-refractivity contribution is 0.405. The van der Waals surface area contributed by atoms with Crippen molar-refractivity contribution in [2.75, 3.05) is 39.6 Å². The highest BCUT2D eigenvalue weighted by Crippen LogP contribution is 2.27. The van der Waals surface area contributed by atoms with E-state index in [9.17, 15) is 0 Å². The number of benzene rings is 1. The molecule has 1 aromatic carbocycles. The van der Waals surface area contributed by atoms with Crippen LogP contribution in [-0.2, 0) is 0 Å². The summed E-state index contributed by atoms with van der Waals surface area (Å²) < 4.78 is 5.33. The monoisotopic (exact) mass is 259 g/mol. The van der Waals surface area contributed by atoms with Crippen LogP contribution in [0.1, 0.15) is 6.42 Å². The zero-order chi connectivity index (χ0) is 13.7. The topological polar surface area (TPSA) is 37.4 Å². The van der Waals surface area contributed by atoms with E-state index in [1.165, 1.54) is 0 Å². The molecule has 0 saturated carbocycles. The summed E-state index contributed by atoms with van der Waals surface area (Å²) in [6.45, 7) is 2.00. The Morgan fingerprint density at radius 1 is 1.32 bits per heavy atom. The van der Waals surface area contributed by atoms with Gasteiger partial charge in [-0.25, -0.2) is 0 Å². The van der Waals surface area contributed by atoms with E-state index in [1.54, 1.807) is 7.11 Å². The minimum atomic E-state index is 0.857. The maximum Gasteiger partial charge on any atom is 0.121 e. The number of methoxy groups -OCH3 is 1. The van der Waals surface area contributed by atoms with Crippen LogP contribution in [0, 0.1) is 0 Å². The highest BCUT2D eigenvalue weighted by Gasteiger charge is 2.05. The molecule has 1 heterocycles. The number of pyridine rings is 1. The van der Waals surface area contributed by atoms with Crippen LogP contribution >= 0.6 is 0 Å². The van der Waals surface area contributed by atoms with Crippen LogP contribution < -0.4 is 10.1 Å². The Morgan fingerprint density at radius 2 is 2.16 bits per heavy atom. The van der Waals surface area contributed by atoms with Gasteiger partial charge in [0.15, 0.2) is 0 Å². The molecule has 2 rings (SSSR count). The lowest BCUT2D eigenvalue weighted by Crippen LogP contribution is -2.16. The van der Waals surface area contributed by atoms with Gasteiger partial charge in [0.05, 0.1) is 18.3 Å². The van der Waals surface area contributed by atoms with Crippen molar-refractivity contribution >= 4 is 16.6 Å². The van der Waals surface area contributed by atoms with Gasteiger partial charge in [0.1, 0.15) is 5.75 Å². The van der Waals surface area contributed by atoms with E-state index in [2.05, 4.69) is 35.4 Å². The van der Waals surface area contributed by atoms with Gasteiger partial charge in [0.25, 0.3) is 0 Å². The fourth-order valence-corrected chi connectivity index (χ4v) is 2.04. The summed E-state index contributed by atoms with van der Waals surface area (Å²) in [5, 5.41) is 4.54. The maximum atomic E-state index is 5.33. The highest BCUT2D eigenvalue weighted by molar-refractivity contribution is 5.91. The van der Waals surface area contributed by atoms with Gasteiger partial charge in [-0.3, -0.25) is 4.98 Å². The minimum Gasteiger partial charge on any atom is -0.497 e. The van der Waals surface area contributed by atoms with E-state index in [0.29, 0.717) is 0 Å². The number of hydrogen-bond acceptors (Lipinski definition) is 4. The molecule has 1 aromatic heterocycles. The zero-order valence-electron chi connectivity index (χ0n) is 11.8. The van der Waals surface area contributed by atoms with Crippen LogP contribution in [0.25, 0.3) is 10.9 Å². The van der Waals surface area contributed by atoms with E-state index in [4.69, 9.17) is 4.74 Å². The van der Waals surface area contributed by atoms with Crippen molar-refractivity contribution < 1.29 is 4.74 Å². The molecule has 4 heteroatoms. The Kier molecular flexibility index (Phi) is 4.58. The fraction of sp³-hybridized carbons (Fsp3) is 0.400. The number of aromatic nitrogens is 1. The molecule has 0 atom stereocenters. The quantitative estimate of drug-likeness (QED) is 0.809. The SMILES string of the molecule is COc1cc(NCCCN(C)C)c2ncccc2c1. The van der Waals surface area contributed by atoms with Crippen molar-refractivity contribution in [1.29, 1.82) is 0 Å². The predicted molar refractivity (Wildman–Crippen MR) is 80.0 cm³/mol. The third-order valence-electron chi connectivity index (χ3n) is 3.01. The predicted octanol–water partition coefficient (Wildman–Crippen LogP) is 2.61. The fourth-order valence-electron chi connectivity index (χ4n) is 2.04. The van der Waals surface area contributed by atoms with Crippen molar-refractivity contribution in [2.24, 2.45) is 0 Å². The molecular formula is C15H21N3O. The van der Waals surface area contributed by atoms with E-state index >= 15 is 0 Å². The number of anilines is 1. The Bertz CT molecular complexity index is 540. The standard InChI is InChI=1S/C15H21N3O/c1-18(2)9-5-8-16-14-11-13(19-3)10-12-6-4-7-17-15(12)14/h4,6-7,10-11,16H,5,8-9H2,1-3H3. The average Bonchev–Trinajstić information content (AvgIpc) is 2.42. The van der Waals surface area contributed by atoms with Crippen molar-refractivity contribution in [3.05, 3.63) is 30.5 Å². The van der Waals surface area contributed by atoms with Crippen LogP contribution in [0.4, 0.5) is 5.69 Å². The van der Waals surface area contributed by atoms with Gasteiger partial charge in [-0.2, -0.15) is 0 Å². The van der Waals surface area contributed by atoms with Crippen LogP contribution in [0.15, 0.2) is 30.5 Å². The first kappa shape index (κ1) is 13.6. The van der Waals surface area contributed by atoms with Gasteiger partial charge >= 0.3 is 0 Å². The van der Waals surface area contributed by atoms with Crippen LogP contribution in [0.2, 0.25) is 0 Å². The first-order valence-electron chi connectivity index (χ1n) is 6.52. The second kappa shape index (κ2) is 6.38. The molecule has 0 spiro atoms. The second-order valence-corrected chi connectivity index (χ2v) is 4.83. The zero-order valence-corrected chi connectivity index (χ0v) is 11.8. The molecule has 0 aliphatic carbocycles. The van der Waals surface area contributed by atoms with Crippen molar-refractivity contribution in [1.82, 2.24) is 9.88 Å². The molecule has 0 unspecified atom stereocenters. The number of nitrogens with one attached hydrogen (secondary N) is 1. The van der Waals surface area contributed by atoms with Crippen molar-refractivity contribution in [3.63, 3.8) is 0 Å². The molecule has 19 heavy (non-hydrogen) atoms. The Morgan fingerprint density at radius 3 is 2.89 bits per heavy atom. The van der Waals surface area contributed by atoms with Crippen LogP contribution in [0.5, 0.6) is 5.75 Å². The lowest BCUT2D eigenvalue weighted by atomic mass is 10.1. The van der Waals surface area contributed by atoms with Crippen LogP contribution in [-0.4, -0.2) is 44.2 Å². The molecule has 1 N–H and O–H groups in total. The summed E-state index contributed by atoms with van der Waals surface area (Å²) in [5.74, 6) is 0.857. The van der Waals surface area contributed by atoms with Gasteiger partial charge in [-0.15, -0.1) is 0 Å². The Balaban J connectivity index is 2.16. The molecule has 4 nitrogen and oxygen atoms in total. The number of ether oxygens (including phenoxy) is 1. The lowest BCUT2D eigenvalue weighted by Gasteiger charge is -2.13. The number of rotatable bonds is 6. The molecule has 0 bridgehead atoms.